The van der Waals surface area contributed by atoms with Gasteiger partial charge in [-0.15, -0.1) is 0 Å². The molecule has 0 radical (unpaired) electrons. The third kappa shape index (κ3) is 3.45. The van der Waals surface area contributed by atoms with Gasteiger partial charge in [0.1, 0.15) is 0 Å². The van der Waals surface area contributed by atoms with Crippen molar-refractivity contribution in [1.29, 1.82) is 5.26 Å². The van der Waals surface area contributed by atoms with Gasteiger partial charge in [-0.3, -0.25) is 9.69 Å². The van der Waals surface area contributed by atoms with Crippen LogP contribution in [0.25, 0.3) is 0 Å². The number of rotatable bonds is 2. The maximum absolute atomic E-state index is 13.1. The molecule has 3 fully saturated rings. The first kappa shape index (κ1) is 18.4. The summed E-state index contributed by atoms with van der Waals surface area (Å²) in [6.07, 6.45) is 4.99. The monoisotopic (exact) mass is 385 g/mol. The Balaban J connectivity index is 1.36. The molecule has 4 nitrogen and oxygen atoms in total. The van der Waals surface area contributed by atoms with Gasteiger partial charge in [-0.2, -0.15) is 5.26 Å². The molecular formula is C25H27N3O. The summed E-state index contributed by atoms with van der Waals surface area (Å²) in [6.45, 7) is 2.76. The molecule has 4 heteroatoms. The van der Waals surface area contributed by atoms with Crippen LogP contribution < -0.4 is 0 Å². The van der Waals surface area contributed by atoms with Crippen molar-refractivity contribution in [3.05, 3.63) is 71.3 Å². The number of carbonyl (C=O) groups excluding carboxylic acids is 1. The van der Waals surface area contributed by atoms with Crippen molar-refractivity contribution < 1.29 is 4.79 Å². The largest absolute Gasteiger partial charge is 0.338 e. The fraction of sp³-hybridized carbons (Fsp3) is 0.440. The summed E-state index contributed by atoms with van der Waals surface area (Å²) < 4.78 is 0. The molecular weight excluding hydrogens is 358 g/mol. The first-order valence-corrected chi connectivity index (χ1v) is 10.8. The lowest BCUT2D eigenvalue weighted by Crippen LogP contribution is -2.60. The topological polar surface area (TPSA) is 47.3 Å². The Morgan fingerprint density at radius 3 is 2.69 bits per heavy atom. The normalized spacial score (nSPS) is 29.0. The lowest BCUT2D eigenvalue weighted by atomic mass is 9.74. The summed E-state index contributed by atoms with van der Waals surface area (Å²) in [5, 5.41) is 9.15. The average molecular weight is 386 g/mol. The molecule has 2 bridgehead atoms. The zero-order chi connectivity index (χ0) is 19.8. The van der Waals surface area contributed by atoms with Gasteiger partial charge in [-0.25, -0.2) is 0 Å². The molecule has 3 aliphatic heterocycles. The Morgan fingerprint density at radius 2 is 1.86 bits per heavy atom. The molecule has 148 valence electrons. The van der Waals surface area contributed by atoms with Gasteiger partial charge in [0.05, 0.1) is 11.6 Å². The van der Waals surface area contributed by atoms with E-state index < -0.39 is 0 Å². The third-order valence-corrected chi connectivity index (χ3v) is 7.10. The molecule has 0 N–H and O–H groups in total. The van der Waals surface area contributed by atoms with Crippen LogP contribution in [0.1, 0.15) is 53.2 Å². The van der Waals surface area contributed by atoms with E-state index >= 15 is 0 Å². The zero-order valence-corrected chi connectivity index (χ0v) is 16.7. The second-order valence-corrected chi connectivity index (χ2v) is 8.89. The molecule has 2 aromatic rings. The number of piperidine rings is 3. The van der Waals surface area contributed by atoms with Gasteiger partial charge in [0.2, 0.25) is 0 Å². The standard InChI is InChI=1S/C25H27N3O/c26-14-18-6-4-9-21(12-18)25(29)27-15-19-13-22(17-27)24-11-5-10-23(28(24)16-19)20-7-2-1-3-8-20/h1-4,6-9,12,19,22-24H,5,10-11,13,15-17H2/t19-,22+,23+,24-/m0/s1. The van der Waals surface area contributed by atoms with E-state index in [9.17, 15) is 4.79 Å². The summed E-state index contributed by atoms with van der Waals surface area (Å²) in [6, 6.07) is 21.3. The van der Waals surface area contributed by atoms with Gasteiger partial charge >= 0.3 is 0 Å². The number of hydrogen-bond donors (Lipinski definition) is 0. The molecule has 0 spiro atoms. The average Bonchev–Trinajstić information content (AvgIpc) is 2.78. The summed E-state index contributed by atoms with van der Waals surface area (Å²) in [5.41, 5.74) is 2.64. The van der Waals surface area contributed by atoms with E-state index in [0.717, 1.165) is 19.6 Å². The summed E-state index contributed by atoms with van der Waals surface area (Å²) in [7, 11) is 0. The van der Waals surface area contributed by atoms with Crippen molar-refractivity contribution in [3.63, 3.8) is 0 Å². The Labute approximate surface area is 172 Å². The SMILES string of the molecule is N#Cc1cccc(C(=O)N2C[C@@H]3C[C@H](C2)[C@@H]2CCC[C@H](c4ccccc4)N2C3)c1. The number of amides is 1. The van der Waals surface area contributed by atoms with Crippen LogP contribution >= 0.6 is 0 Å². The highest BCUT2D eigenvalue weighted by atomic mass is 16.2. The molecule has 0 aliphatic carbocycles. The molecule has 4 atom stereocenters. The maximum atomic E-state index is 13.1. The minimum absolute atomic E-state index is 0.0840. The number of fused-ring (bicyclic) bond motifs is 4. The van der Waals surface area contributed by atoms with Crippen molar-refractivity contribution in [3.8, 4) is 6.07 Å². The minimum atomic E-state index is 0.0840. The predicted molar refractivity (Wildman–Crippen MR) is 112 cm³/mol. The van der Waals surface area contributed by atoms with E-state index in [-0.39, 0.29) is 5.91 Å². The minimum Gasteiger partial charge on any atom is -0.338 e. The fourth-order valence-electron chi connectivity index (χ4n) is 5.91. The Hall–Kier alpha value is -2.64. The van der Waals surface area contributed by atoms with Crippen LogP contribution in [0.5, 0.6) is 0 Å². The van der Waals surface area contributed by atoms with Crippen molar-refractivity contribution in [1.82, 2.24) is 9.80 Å². The molecule has 3 saturated heterocycles. The van der Waals surface area contributed by atoms with E-state index in [1.165, 1.54) is 31.2 Å². The maximum Gasteiger partial charge on any atom is 0.253 e. The molecule has 3 aliphatic rings. The summed E-state index contributed by atoms with van der Waals surface area (Å²) >= 11 is 0. The van der Waals surface area contributed by atoms with Crippen LogP contribution in [0, 0.1) is 23.2 Å². The molecule has 0 unspecified atom stereocenters. The van der Waals surface area contributed by atoms with Crippen molar-refractivity contribution >= 4 is 5.91 Å². The van der Waals surface area contributed by atoms with Crippen LogP contribution in [0.2, 0.25) is 0 Å². The number of nitrogens with zero attached hydrogens (tertiary/aromatic N) is 3. The fourth-order valence-corrected chi connectivity index (χ4v) is 5.91. The van der Waals surface area contributed by atoms with Crippen LogP contribution in [0.4, 0.5) is 0 Å². The molecule has 0 saturated carbocycles. The smallest absolute Gasteiger partial charge is 0.253 e. The lowest BCUT2D eigenvalue weighted by molar-refractivity contribution is -0.0511. The van der Waals surface area contributed by atoms with Crippen molar-refractivity contribution in [2.24, 2.45) is 11.8 Å². The number of carbonyl (C=O) groups is 1. The van der Waals surface area contributed by atoms with Gasteiger partial charge in [0.25, 0.3) is 5.91 Å². The van der Waals surface area contributed by atoms with Crippen molar-refractivity contribution in [2.75, 3.05) is 19.6 Å². The molecule has 1 amide bonds. The Bertz CT molecular complexity index is 935. The number of likely N-dealkylation sites (tertiary alicyclic amines) is 1. The number of hydrogen-bond acceptors (Lipinski definition) is 3. The van der Waals surface area contributed by atoms with Gasteiger partial charge in [-0.05, 0) is 61.3 Å². The van der Waals surface area contributed by atoms with Crippen molar-refractivity contribution in [2.45, 2.75) is 37.8 Å². The summed E-state index contributed by atoms with van der Waals surface area (Å²) in [5.74, 6) is 1.18. The van der Waals surface area contributed by atoms with Crippen LogP contribution in [-0.4, -0.2) is 41.4 Å². The molecule has 29 heavy (non-hydrogen) atoms. The lowest BCUT2D eigenvalue weighted by Gasteiger charge is -2.55. The third-order valence-electron chi connectivity index (χ3n) is 7.10. The second kappa shape index (κ2) is 7.65. The van der Waals surface area contributed by atoms with Crippen LogP contribution in [-0.2, 0) is 0 Å². The van der Waals surface area contributed by atoms with E-state index in [1.807, 2.05) is 12.1 Å². The van der Waals surface area contributed by atoms with Crippen LogP contribution in [0.15, 0.2) is 54.6 Å². The first-order valence-electron chi connectivity index (χ1n) is 10.8. The quantitative estimate of drug-likeness (QED) is 0.777. The zero-order valence-electron chi connectivity index (χ0n) is 16.7. The van der Waals surface area contributed by atoms with E-state index in [2.05, 4.69) is 46.2 Å². The number of benzene rings is 2. The number of nitriles is 1. The molecule has 0 aromatic heterocycles. The molecule has 2 aromatic carbocycles. The Morgan fingerprint density at radius 1 is 1.00 bits per heavy atom. The molecule has 5 rings (SSSR count). The van der Waals surface area contributed by atoms with Gasteiger partial charge in [0.15, 0.2) is 0 Å². The predicted octanol–water partition coefficient (Wildman–Crippen LogP) is 4.25. The first-order chi connectivity index (χ1) is 14.2. The molecule has 3 heterocycles. The Kier molecular flexibility index (Phi) is 4.85. The highest BCUT2D eigenvalue weighted by Gasteiger charge is 2.45. The second-order valence-electron chi connectivity index (χ2n) is 8.89. The highest BCUT2D eigenvalue weighted by Crippen LogP contribution is 2.44. The van der Waals surface area contributed by atoms with E-state index in [1.54, 1.807) is 12.1 Å². The van der Waals surface area contributed by atoms with Gasteiger partial charge < -0.3 is 4.90 Å². The van der Waals surface area contributed by atoms with Gasteiger partial charge in [-0.1, -0.05) is 36.4 Å². The highest BCUT2D eigenvalue weighted by molar-refractivity contribution is 5.94. The van der Waals surface area contributed by atoms with E-state index in [0.29, 0.717) is 35.0 Å². The van der Waals surface area contributed by atoms with Crippen LogP contribution in [0.3, 0.4) is 0 Å². The van der Waals surface area contributed by atoms with Gasteiger partial charge in [0, 0.05) is 37.3 Å². The van der Waals surface area contributed by atoms with E-state index in [4.69, 9.17) is 5.26 Å². The summed E-state index contributed by atoms with van der Waals surface area (Å²) in [4.78, 5) is 18.0.